The van der Waals surface area contributed by atoms with Gasteiger partial charge in [0.25, 0.3) is 5.91 Å². The zero-order valence-electron chi connectivity index (χ0n) is 21.5. The maximum Gasteiger partial charge on any atom is 0.339 e. The number of carbonyl (C=O) groups excluding carboxylic acids is 3. The highest BCUT2D eigenvalue weighted by Gasteiger charge is 2.40. The van der Waals surface area contributed by atoms with Crippen molar-refractivity contribution in [2.45, 2.75) is 46.1 Å². The summed E-state index contributed by atoms with van der Waals surface area (Å²) >= 11 is 0. The van der Waals surface area contributed by atoms with Crippen molar-refractivity contribution in [2.24, 2.45) is 5.92 Å². The molecule has 1 N–H and O–H groups in total. The van der Waals surface area contributed by atoms with Gasteiger partial charge in [-0.05, 0) is 37.8 Å². The molecule has 2 unspecified atom stereocenters. The van der Waals surface area contributed by atoms with Crippen LogP contribution in [-0.2, 0) is 25.6 Å². The maximum absolute atomic E-state index is 13.4. The summed E-state index contributed by atoms with van der Waals surface area (Å²) in [5, 5.41) is 2.97. The Morgan fingerprint density at radius 1 is 1.08 bits per heavy atom. The summed E-state index contributed by atoms with van der Waals surface area (Å²) in [5.41, 5.74) is 2.69. The van der Waals surface area contributed by atoms with Crippen LogP contribution in [0.3, 0.4) is 0 Å². The number of nitrogens with zero attached hydrogens (tertiary/aromatic N) is 1. The highest BCUT2D eigenvalue weighted by molar-refractivity contribution is 8.93. The van der Waals surface area contributed by atoms with E-state index < -0.39 is 5.97 Å². The number of hydrogen-bond acceptors (Lipinski definition) is 5. The molecule has 36 heavy (non-hydrogen) atoms. The van der Waals surface area contributed by atoms with Crippen LogP contribution in [0.25, 0.3) is 0 Å². The van der Waals surface area contributed by atoms with Crippen LogP contribution in [0.5, 0.6) is 0 Å². The number of esters is 2. The van der Waals surface area contributed by atoms with Crippen molar-refractivity contribution in [1.29, 1.82) is 0 Å². The zero-order chi connectivity index (χ0) is 25.3. The minimum Gasteiger partial charge on any atom is -0.465 e. The quantitative estimate of drug-likeness (QED) is 0.249. The summed E-state index contributed by atoms with van der Waals surface area (Å²) in [5.74, 6) is -1.09. The van der Waals surface area contributed by atoms with Crippen LogP contribution in [0.2, 0.25) is 0 Å². The Bertz CT molecular complexity index is 1030. The summed E-state index contributed by atoms with van der Waals surface area (Å²) in [7, 11) is 1.32. The number of likely N-dealkylation sites (tertiary alicyclic amines) is 1. The van der Waals surface area contributed by atoms with Gasteiger partial charge in [-0.1, -0.05) is 55.8 Å². The van der Waals surface area contributed by atoms with Crippen LogP contribution in [0.1, 0.15) is 54.1 Å². The highest BCUT2D eigenvalue weighted by Crippen LogP contribution is 2.29. The lowest BCUT2D eigenvalue weighted by Gasteiger charge is -2.43. The predicted molar refractivity (Wildman–Crippen MR) is 145 cm³/mol. The predicted octanol–water partition coefficient (Wildman–Crippen LogP) is 5.07. The molecule has 0 aromatic heterocycles. The van der Waals surface area contributed by atoms with E-state index in [1.54, 1.807) is 12.1 Å². The van der Waals surface area contributed by atoms with Gasteiger partial charge in [0.1, 0.15) is 12.5 Å². The van der Waals surface area contributed by atoms with Crippen molar-refractivity contribution < 1.29 is 28.3 Å². The van der Waals surface area contributed by atoms with Gasteiger partial charge in [0.05, 0.1) is 38.1 Å². The Kier molecular flexibility index (Phi) is 11.6. The number of hydrogen-bond donors (Lipinski definition) is 1. The van der Waals surface area contributed by atoms with Crippen molar-refractivity contribution >= 4 is 40.5 Å². The van der Waals surface area contributed by atoms with E-state index in [1.165, 1.54) is 7.11 Å². The minimum atomic E-state index is -0.495. The van der Waals surface area contributed by atoms with E-state index in [-0.39, 0.29) is 41.3 Å². The Morgan fingerprint density at radius 2 is 1.83 bits per heavy atom. The van der Waals surface area contributed by atoms with Crippen molar-refractivity contribution in [3.8, 4) is 0 Å². The largest absolute Gasteiger partial charge is 0.465 e. The van der Waals surface area contributed by atoms with Crippen LogP contribution in [0.4, 0.5) is 5.69 Å². The number of anilines is 1. The van der Waals surface area contributed by atoms with Gasteiger partial charge in [0.2, 0.25) is 0 Å². The normalized spacial score (nSPS) is 19.0. The molecule has 0 saturated carbocycles. The van der Waals surface area contributed by atoms with Gasteiger partial charge in [-0.25, -0.2) is 4.79 Å². The average Bonchev–Trinajstić information content (AvgIpc) is 2.85. The summed E-state index contributed by atoms with van der Waals surface area (Å²) in [6.07, 6.45) is 3.43. The number of quaternary nitrogens is 1. The molecular formula is C28H38BrN2O5+. The van der Waals surface area contributed by atoms with Crippen LogP contribution in [0.15, 0.2) is 48.5 Å². The standard InChI is InChI=1S/C28H36N2O5.BrH/c1-4-5-17-35-27(32)23-14-10-16-30(19-23,18-22-12-7-6-8-13-22)20-25(31)29-26-21(2)11-9-15-24(26)28(33)34-3;/h6-9,11-13,15,23H,4-5,10,14,16-20H2,1-3H3;1H/p+1. The van der Waals surface area contributed by atoms with E-state index >= 15 is 0 Å². The van der Waals surface area contributed by atoms with Crippen LogP contribution in [-0.4, -0.2) is 55.7 Å². The molecule has 0 aliphatic carbocycles. The number of amides is 1. The summed E-state index contributed by atoms with van der Waals surface area (Å²) in [6, 6.07) is 15.3. The van der Waals surface area contributed by atoms with Crippen molar-refractivity contribution in [3.05, 3.63) is 65.2 Å². The fourth-order valence-corrected chi connectivity index (χ4v) is 4.86. The molecule has 2 atom stereocenters. The third-order valence-corrected chi connectivity index (χ3v) is 6.65. The first-order chi connectivity index (χ1) is 16.9. The molecule has 1 aliphatic heterocycles. The molecule has 2 aromatic carbocycles. The first-order valence-electron chi connectivity index (χ1n) is 12.4. The lowest BCUT2D eigenvalue weighted by molar-refractivity contribution is -0.940. The number of para-hydroxylation sites is 1. The van der Waals surface area contributed by atoms with Crippen LogP contribution in [0, 0.1) is 12.8 Å². The van der Waals surface area contributed by atoms with Gasteiger partial charge in [0.15, 0.2) is 6.54 Å². The number of piperidine rings is 1. The molecule has 8 heteroatoms. The summed E-state index contributed by atoms with van der Waals surface area (Å²) in [6.45, 7) is 6.53. The number of rotatable bonds is 10. The summed E-state index contributed by atoms with van der Waals surface area (Å²) in [4.78, 5) is 38.4. The molecule has 196 valence electrons. The molecular weight excluding hydrogens is 524 g/mol. The van der Waals surface area contributed by atoms with Crippen molar-refractivity contribution in [1.82, 2.24) is 0 Å². The Morgan fingerprint density at radius 3 is 2.53 bits per heavy atom. The maximum atomic E-state index is 13.4. The van der Waals surface area contributed by atoms with Crippen LogP contribution >= 0.6 is 17.0 Å². The number of nitrogens with one attached hydrogen (secondary N) is 1. The number of halogens is 1. The second-order valence-corrected chi connectivity index (χ2v) is 9.45. The molecule has 0 spiro atoms. The summed E-state index contributed by atoms with van der Waals surface area (Å²) < 4.78 is 10.9. The Balaban J connectivity index is 0.00000456. The minimum absolute atomic E-state index is 0. The van der Waals surface area contributed by atoms with Crippen molar-refractivity contribution in [2.75, 3.05) is 38.7 Å². The molecule has 2 aromatic rings. The number of methoxy groups -OCH3 is 1. The average molecular weight is 563 g/mol. The van der Waals surface area contributed by atoms with E-state index in [2.05, 4.69) is 24.4 Å². The number of carbonyl (C=O) groups is 3. The van der Waals surface area contributed by atoms with Gasteiger partial charge in [-0.2, -0.15) is 0 Å². The fourth-order valence-electron chi connectivity index (χ4n) is 4.86. The first-order valence-corrected chi connectivity index (χ1v) is 12.4. The van der Waals surface area contributed by atoms with E-state index in [0.717, 1.165) is 43.4 Å². The smallest absolute Gasteiger partial charge is 0.339 e. The lowest BCUT2D eigenvalue weighted by atomic mass is 9.94. The zero-order valence-corrected chi connectivity index (χ0v) is 23.2. The molecule has 0 radical (unpaired) electrons. The molecule has 3 rings (SSSR count). The fraction of sp³-hybridized carbons (Fsp3) is 0.464. The van der Waals surface area contributed by atoms with Crippen molar-refractivity contribution in [3.63, 3.8) is 0 Å². The molecule has 1 heterocycles. The SMILES string of the molecule is Br.CCCCOC(=O)C1CCC[N+](CC(=O)Nc2c(C)cccc2C(=O)OC)(Cc2ccccc2)C1. The Labute approximate surface area is 224 Å². The van der Waals surface area contributed by atoms with Gasteiger partial charge in [-0.15, -0.1) is 17.0 Å². The molecule has 1 fully saturated rings. The Hall–Kier alpha value is -2.71. The van der Waals surface area contributed by atoms with Crippen LogP contribution < -0.4 is 5.32 Å². The van der Waals surface area contributed by atoms with E-state index in [1.807, 2.05) is 31.2 Å². The molecule has 0 bridgehead atoms. The molecule has 1 amide bonds. The third-order valence-electron chi connectivity index (χ3n) is 6.65. The first kappa shape index (κ1) is 29.5. The van der Waals surface area contributed by atoms with E-state index in [9.17, 15) is 14.4 Å². The highest BCUT2D eigenvalue weighted by atomic mass is 79.9. The molecule has 7 nitrogen and oxygen atoms in total. The second kappa shape index (κ2) is 14.1. The third kappa shape index (κ3) is 7.90. The topological polar surface area (TPSA) is 81.7 Å². The van der Waals surface area contributed by atoms with E-state index in [0.29, 0.717) is 35.4 Å². The second-order valence-electron chi connectivity index (χ2n) is 9.45. The number of ether oxygens (including phenoxy) is 2. The van der Waals surface area contributed by atoms with Gasteiger partial charge in [0, 0.05) is 5.56 Å². The van der Waals surface area contributed by atoms with Gasteiger partial charge >= 0.3 is 11.9 Å². The van der Waals surface area contributed by atoms with Gasteiger partial charge in [-0.3, -0.25) is 9.59 Å². The lowest BCUT2D eigenvalue weighted by Crippen LogP contribution is -2.58. The molecule has 1 saturated heterocycles. The number of aryl methyl sites for hydroxylation is 1. The monoisotopic (exact) mass is 561 g/mol. The van der Waals surface area contributed by atoms with Gasteiger partial charge < -0.3 is 19.3 Å². The van der Waals surface area contributed by atoms with E-state index in [4.69, 9.17) is 9.47 Å². The number of unbranched alkanes of at least 4 members (excludes halogenated alkanes) is 1. The molecule has 1 aliphatic rings. The number of benzene rings is 2.